The minimum Gasteiger partial charge on any atom is -0.508 e. The molecule has 7 nitrogen and oxygen atoms in total. The van der Waals surface area contributed by atoms with E-state index in [4.69, 9.17) is 0 Å². The summed E-state index contributed by atoms with van der Waals surface area (Å²) >= 11 is 0. The van der Waals surface area contributed by atoms with Gasteiger partial charge in [0.25, 0.3) is 5.78 Å². The predicted molar refractivity (Wildman–Crippen MR) is 117 cm³/mol. The normalized spacial score (nSPS) is 14.7. The van der Waals surface area contributed by atoms with Crippen molar-refractivity contribution in [3.63, 3.8) is 0 Å². The second-order valence-corrected chi connectivity index (χ2v) is 8.01. The average molecular weight is 424 g/mol. The first kappa shape index (κ1) is 18.6. The van der Waals surface area contributed by atoms with Crippen molar-refractivity contribution in [2.24, 2.45) is 0 Å². The van der Waals surface area contributed by atoms with Gasteiger partial charge in [0.2, 0.25) is 0 Å². The Bertz CT molecular complexity index is 1540. The fourth-order valence-corrected chi connectivity index (χ4v) is 4.18. The molecule has 1 saturated carbocycles. The summed E-state index contributed by atoms with van der Waals surface area (Å²) in [5.74, 6) is 0.200. The fraction of sp³-hybridized carbons (Fsp3) is 0.125. The van der Waals surface area contributed by atoms with Crippen LogP contribution in [0.5, 0.6) is 0 Å². The number of halogens is 1. The topological polar surface area (TPSA) is 89.1 Å². The molecule has 3 heterocycles. The number of rotatable bonds is 4. The van der Waals surface area contributed by atoms with E-state index in [0.717, 1.165) is 29.3 Å². The third kappa shape index (κ3) is 2.76. The van der Waals surface area contributed by atoms with E-state index in [1.165, 1.54) is 18.3 Å². The second-order valence-electron chi connectivity index (χ2n) is 8.01. The van der Waals surface area contributed by atoms with E-state index < -0.39 is 5.82 Å². The van der Waals surface area contributed by atoms with Crippen LogP contribution in [-0.2, 0) is 5.41 Å². The molecule has 5 aromatic rings. The monoisotopic (exact) mass is 424 g/mol. The van der Waals surface area contributed by atoms with Crippen molar-refractivity contribution in [1.82, 2.24) is 29.8 Å². The van der Waals surface area contributed by atoms with Gasteiger partial charge in [0.15, 0.2) is 5.82 Å². The minimum atomic E-state index is -0.579. The first-order valence-electron chi connectivity index (χ1n) is 10.2. The lowest BCUT2D eigenvalue weighted by Crippen LogP contribution is -2.15. The van der Waals surface area contributed by atoms with Crippen LogP contribution in [0.2, 0.25) is 0 Å². The van der Waals surface area contributed by atoms with Gasteiger partial charge in [-0.2, -0.15) is 9.61 Å². The molecule has 3 aromatic heterocycles. The zero-order valence-electron chi connectivity index (χ0n) is 16.9. The van der Waals surface area contributed by atoms with Gasteiger partial charge in [-0.15, -0.1) is 10.2 Å². The Hall–Kier alpha value is -4.20. The molecule has 0 aliphatic heterocycles. The average Bonchev–Trinajstić information content (AvgIpc) is 3.50. The van der Waals surface area contributed by atoms with Crippen molar-refractivity contribution < 1.29 is 9.50 Å². The molecule has 6 rings (SSSR count). The highest BCUT2D eigenvalue weighted by Gasteiger charge is 2.50. The Kier molecular flexibility index (Phi) is 3.86. The summed E-state index contributed by atoms with van der Waals surface area (Å²) < 4.78 is 16.0. The summed E-state index contributed by atoms with van der Waals surface area (Å²) in [6.45, 7) is 3.38. The van der Waals surface area contributed by atoms with Gasteiger partial charge >= 0.3 is 0 Å². The molecule has 0 radical (unpaired) electrons. The van der Waals surface area contributed by atoms with Crippen LogP contribution in [0.4, 0.5) is 4.39 Å². The number of benzene rings is 2. The van der Waals surface area contributed by atoms with E-state index in [-0.39, 0.29) is 16.7 Å². The molecule has 0 saturated heterocycles. The number of nitrogens with zero attached hydrogens (tertiary/aromatic N) is 6. The van der Waals surface area contributed by atoms with Gasteiger partial charge in [-0.3, -0.25) is 4.98 Å². The van der Waals surface area contributed by atoms with Crippen molar-refractivity contribution in [3.05, 3.63) is 90.3 Å². The lowest BCUT2D eigenvalue weighted by molar-refractivity contribution is 0.504. The van der Waals surface area contributed by atoms with Crippen LogP contribution in [-0.4, -0.2) is 34.9 Å². The summed E-state index contributed by atoms with van der Waals surface area (Å²) in [5, 5.41) is 23.9. The number of hydrogen-bond acceptors (Lipinski definition) is 6. The maximum absolute atomic E-state index is 14.4. The van der Waals surface area contributed by atoms with Crippen LogP contribution in [0.15, 0.2) is 67.5 Å². The minimum absolute atomic E-state index is 0.0514. The van der Waals surface area contributed by atoms with Crippen LogP contribution >= 0.6 is 0 Å². The zero-order chi connectivity index (χ0) is 21.9. The highest BCUT2D eigenvalue weighted by molar-refractivity contribution is 5.79. The van der Waals surface area contributed by atoms with Crippen LogP contribution in [0.1, 0.15) is 29.8 Å². The maximum Gasteiger partial charge on any atom is 0.271 e. The molecular formula is C24H17FN6O. The number of pyridine rings is 1. The SMILES string of the molecule is C=C(O)c1ccc(-c2cnc3nnc(C4(c5ccc6ncccc6c5)CC4)n3n2)cc1F. The van der Waals surface area contributed by atoms with E-state index in [1.807, 2.05) is 18.2 Å². The van der Waals surface area contributed by atoms with Gasteiger partial charge in [0.1, 0.15) is 17.3 Å². The molecule has 0 bridgehead atoms. The van der Waals surface area contributed by atoms with Crippen LogP contribution in [0, 0.1) is 5.82 Å². The standard InChI is InChI=1S/C24H17FN6O/c1-14(32)18-6-4-16(12-19(18)25)21-13-27-23-29-28-22(31(23)30-21)24(8-9-24)17-5-7-20-15(11-17)3-2-10-26-20/h2-7,10-13,32H,1,8-9H2. The highest BCUT2D eigenvalue weighted by Crippen LogP contribution is 2.53. The van der Waals surface area contributed by atoms with E-state index in [0.29, 0.717) is 22.9 Å². The van der Waals surface area contributed by atoms with Gasteiger partial charge < -0.3 is 5.11 Å². The van der Waals surface area contributed by atoms with E-state index in [1.54, 1.807) is 16.8 Å². The largest absolute Gasteiger partial charge is 0.508 e. The van der Waals surface area contributed by atoms with Gasteiger partial charge in [-0.1, -0.05) is 24.8 Å². The Labute approximate surface area is 181 Å². The molecule has 1 fully saturated rings. The lowest BCUT2D eigenvalue weighted by atomic mass is 9.94. The van der Waals surface area contributed by atoms with E-state index in [9.17, 15) is 9.50 Å². The van der Waals surface area contributed by atoms with Crippen molar-refractivity contribution in [3.8, 4) is 11.3 Å². The predicted octanol–water partition coefficient (Wildman–Crippen LogP) is 4.48. The molecule has 1 aliphatic rings. The third-order valence-electron chi connectivity index (χ3n) is 6.04. The molecule has 0 unspecified atom stereocenters. The summed E-state index contributed by atoms with van der Waals surface area (Å²) in [6, 6.07) is 14.7. The molecule has 0 atom stereocenters. The summed E-state index contributed by atoms with van der Waals surface area (Å²) in [4.78, 5) is 8.78. The number of aromatic nitrogens is 6. The molecule has 156 valence electrons. The molecule has 32 heavy (non-hydrogen) atoms. The van der Waals surface area contributed by atoms with Gasteiger partial charge in [0.05, 0.1) is 22.7 Å². The number of aliphatic hydroxyl groups is 1. The summed E-state index contributed by atoms with van der Waals surface area (Å²) in [5.41, 5.74) is 2.85. The van der Waals surface area contributed by atoms with Gasteiger partial charge in [-0.05, 0) is 48.7 Å². The Morgan fingerprint density at radius 3 is 2.72 bits per heavy atom. The first-order chi connectivity index (χ1) is 15.5. The molecule has 0 amide bonds. The smallest absolute Gasteiger partial charge is 0.271 e. The maximum atomic E-state index is 14.4. The first-order valence-corrected chi connectivity index (χ1v) is 10.2. The molecule has 0 spiro atoms. The van der Waals surface area contributed by atoms with Crippen LogP contribution in [0.25, 0.3) is 33.7 Å². The zero-order valence-corrected chi connectivity index (χ0v) is 16.9. The lowest BCUT2D eigenvalue weighted by Gasteiger charge is -2.14. The molecule has 8 heteroatoms. The van der Waals surface area contributed by atoms with Gasteiger partial charge in [0, 0.05) is 17.1 Å². The molecule has 1 N–H and O–H groups in total. The fourth-order valence-electron chi connectivity index (χ4n) is 4.18. The van der Waals surface area contributed by atoms with Crippen molar-refractivity contribution in [2.75, 3.05) is 0 Å². The quantitative estimate of drug-likeness (QED) is 0.428. The number of fused-ring (bicyclic) bond motifs is 2. The van der Waals surface area contributed by atoms with E-state index in [2.05, 4.69) is 44.0 Å². The highest BCUT2D eigenvalue weighted by atomic mass is 19.1. The van der Waals surface area contributed by atoms with Gasteiger partial charge in [-0.25, -0.2) is 9.37 Å². The Morgan fingerprint density at radius 2 is 1.94 bits per heavy atom. The van der Waals surface area contributed by atoms with Crippen LogP contribution < -0.4 is 0 Å². The molecular weight excluding hydrogens is 407 g/mol. The Morgan fingerprint density at radius 1 is 1.06 bits per heavy atom. The third-order valence-corrected chi connectivity index (χ3v) is 6.04. The molecule has 1 aliphatic carbocycles. The second kappa shape index (κ2) is 6.65. The number of hydrogen-bond donors (Lipinski definition) is 1. The Balaban J connectivity index is 1.46. The summed E-state index contributed by atoms with van der Waals surface area (Å²) in [6.07, 6.45) is 5.17. The van der Waals surface area contributed by atoms with Crippen molar-refractivity contribution in [1.29, 1.82) is 0 Å². The van der Waals surface area contributed by atoms with Crippen molar-refractivity contribution >= 4 is 22.4 Å². The van der Waals surface area contributed by atoms with E-state index >= 15 is 0 Å². The van der Waals surface area contributed by atoms with Crippen LogP contribution in [0.3, 0.4) is 0 Å². The summed E-state index contributed by atoms with van der Waals surface area (Å²) in [7, 11) is 0. The number of aliphatic hydroxyl groups excluding tert-OH is 1. The van der Waals surface area contributed by atoms with Crippen molar-refractivity contribution in [2.45, 2.75) is 18.3 Å². The molecule has 2 aromatic carbocycles.